The topological polar surface area (TPSA) is 20.3 Å². The molecular weight excluding hydrogens is 387 g/mol. The van der Waals surface area contributed by atoms with Crippen molar-refractivity contribution in [2.45, 2.75) is 38.9 Å². The smallest absolute Gasteiger partial charge is 0.338 e. The van der Waals surface area contributed by atoms with Crippen molar-refractivity contribution in [1.29, 1.82) is 0 Å². The van der Waals surface area contributed by atoms with Crippen LogP contribution in [0.15, 0.2) is 36.4 Å². The Kier molecular flexibility index (Phi) is 6.04. The van der Waals surface area contributed by atoms with E-state index in [9.17, 15) is 18.0 Å². The Morgan fingerprint density at radius 3 is 2.36 bits per heavy atom. The number of rotatable bonds is 6. The third-order valence-corrected chi connectivity index (χ3v) is 5.39. The van der Waals surface area contributed by atoms with Gasteiger partial charge in [0.1, 0.15) is 0 Å². The van der Waals surface area contributed by atoms with E-state index >= 15 is 0 Å². The quantitative estimate of drug-likeness (QED) is 0.560. The molecule has 0 saturated heterocycles. The standard InChI is InChI=1S/C22H22ClF3NO/c1-3-16-18(13-27(4-2)21(28)15-10-11-15)17(14-8-6-5-7-9-14)12-19(23)20(16)22(24,25)26/h5-9,12,15H,1,3-4,10-11,13H2,2H3. The monoisotopic (exact) mass is 408 g/mol. The van der Waals surface area contributed by atoms with Gasteiger partial charge in [-0.25, -0.2) is 0 Å². The highest BCUT2D eigenvalue weighted by atomic mass is 35.5. The fourth-order valence-corrected chi connectivity index (χ4v) is 3.84. The minimum atomic E-state index is -4.59. The Labute approximate surface area is 168 Å². The number of hydrogen-bond acceptors (Lipinski definition) is 1. The van der Waals surface area contributed by atoms with Gasteiger partial charge in [0.25, 0.3) is 0 Å². The highest BCUT2D eigenvalue weighted by molar-refractivity contribution is 6.32. The molecule has 1 fully saturated rings. The number of halogens is 4. The molecule has 149 valence electrons. The molecule has 0 aromatic heterocycles. The predicted octanol–water partition coefficient (Wildman–Crippen LogP) is 6.16. The lowest BCUT2D eigenvalue weighted by Crippen LogP contribution is -2.32. The predicted molar refractivity (Wildman–Crippen MR) is 105 cm³/mol. The second kappa shape index (κ2) is 8.16. The number of alkyl halides is 3. The minimum absolute atomic E-state index is 0.0000302. The van der Waals surface area contributed by atoms with Crippen LogP contribution in [0.1, 0.15) is 36.5 Å². The molecule has 2 aromatic carbocycles. The number of nitrogens with zero attached hydrogens (tertiary/aromatic N) is 1. The summed E-state index contributed by atoms with van der Waals surface area (Å²) in [5.74, 6) is -0.00209. The molecule has 1 amide bonds. The summed E-state index contributed by atoms with van der Waals surface area (Å²) in [7, 11) is 0. The van der Waals surface area contributed by atoms with Crippen LogP contribution in [0.25, 0.3) is 11.1 Å². The summed E-state index contributed by atoms with van der Waals surface area (Å²) < 4.78 is 41.2. The number of amides is 1. The zero-order valence-corrected chi connectivity index (χ0v) is 16.4. The number of carbonyl (C=O) groups excluding carboxylic acids is 1. The van der Waals surface area contributed by atoms with Crippen LogP contribution in [-0.2, 0) is 23.9 Å². The zero-order valence-electron chi connectivity index (χ0n) is 15.7. The fourth-order valence-electron chi connectivity index (χ4n) is 3.51. The van der Waals surface area contributed by atoms with Crippen molar-refractivity contribution in [3.8, 4) is 11.1 Å². The van der Waals surface area contributed by atoms with E-state index in [0.717, 1.165) is 18.4 Å². The SMILES string of the molecule is [CH2]Cc1c(CN(CC)C(=O)C2CC2)c(-c2ccccc2)cc(Cl)c1C(F)(F)F. The second-order valence-corrected chi connectivity index (χ2v) is 7.39. The van der Waals surface area contributed by atoms with E-state index in [4.69, 9.17) is 11.6 Å². The molecular formula is C22H22ClF3NO. The number of benzene rings is 2. The first-order valence-electron chi connectivity index (χ1n) is 9.32. The van der Waals surface area contributed by atoms with Crippen LogP contribution in [0.3, 0.4) is 0 Å². The molecule has 0 heterocycles. The van der Waals surface area contributed by atoms with Crippen LogP contribution in [0.2, 0.25) is 5.02 Å². The first-order chi connectivity index (χ1) is 13.3. The third-order valence-electron chi connectivity index (χ3n) is 5.09. The first-order valence-corrected chi connectivity index (χ1v) is 9.70. The van der Waals surface area contributed by atoms with Crippen LogP contribution < -0.4 is 0 Å². The van der Waals surface area contributed by atoms with Crippen molar-refractivity contribution in [3.63, 3.8) is 0 Å². The van der Waals surface area contributed by atoms with Gasteiger partial charge < -0.3 is 4.90 Å². The molecule has 0 bridgehead atoms. The number of carbonyl (C=O) groups is 1. The molecule has 0 N–H and O–H groups in total. The van der Waals surface area contributed by atoms with E-state index in [2.05, 4.69) is 6.92 Å². The largest absolute Gasteiger partial charge is 0.418 e. The van der Waals surface area contributed by atoms with Crippen LogP contribution in [0.5, 0.6) is 0 Å². The van der Waals surface area contributed by atoms with E-state index in [1.165, 1.54) is 6.07 Å². The van der Waals surface area contributed by atoms with E-state index in [0.29, 0.717) is 17.7 Å². The summed E-state index contributed by atoms with van der Waals surface area (Å²) >= 11 is 6.08. The van der Waals surface area contributed by atoms with Gasteiger partial charge in [-0.2, -0.15) is 13.2 Å². The Balaban J connectivity index is 2.19. The van der Waals surface area contributed by atoms with Crippen LogP contribution in [0.4, 0.5) is 13.2 Å². The molecule has 0 unspecified atom stereocenters. The normalized spacial score (nSPS) is 14.2. The second-order valence-electron chi connectivity index (χ2n) is 6.98. The number of hydrogen-bond donors (Lipinski definition) is 0. The summed E-state index contributed by atoms with van der Waals surface area (Å²) in [6.07, 6.45) is -2.97. The highest BCUT2D eigenvalue weighted by Crippen LogP contribution is 2.43. The van der Waals surface area contributed by atoms with Crippen molar-refractivity contribution in [2.75, 3.05) is 6.54 Å². The molecule has 1 aliphatic carbocycles. The Morgan fingerprint density at radius 1 is 1.21 bits per heavy atom. The van der Waals surface area contributed by atoms with Gasteiger partial charge in [0.05, 0.1) is 10.6 Å². The molecule has 1 radical (unpaired) electrons. The maximum absolute atomic E-state index is 13.7. The molecule has 1 saturated carbocycles. The van der Waals surface area contributed by atoms with Crippen molar-refractivity contribution in [2.24, 2.45) is 5.92 Å². The molecule has 2 aromatic rings. The lowest BCUT2D eigenvalue weighted by atomic mass is 9.89. The van der Waals surface area contributed by atoms with Crippen LogP contribution >= 0.6 is 11.6 Å². The van der Waals surface area contributed by atoms with Gasteiger partial charge in [-0.3, -0.25) is 4.79 Å². The average Bonchev–Trinajstić information content (AvgIpc) is 3.50. The molecule has 2 nitrogen and oxygen atoms in total. The highest BCUT2D eigenvalue weighted by Gasteiger charge is 2.38. The molecule has 0 atom stereocenters. The maximum Gasteiger partial charge on any atom is 0.418 e. The fraction of sp³-hybridized carbons (Fsp3) is 0.364. The maximum atomic E-state index is 13.7. The zero-order chi connectivity index (χ0) is 20.5. The molecule has 0 aliphatic heterocycles. The summed E-state index contributed by atoms with van der Waals surface area (Å²) in [5.41, 5.74) is 1.04. The van der Waals surface area contributed by atoms with Gasteiger partial charge in [0, 0.05) is 19.0 Å². The summed E-state index contributed by atoms with van der Waals surface area (Å²) in [6, 6.07) is 10.5. The summed E-state index contributed by atoms with van der Waals surface area (Å²) in [5, 5.41) is -0.342. The Morgan fingerprint density at radius 2 is 1.86 bits per heavy atom. The Bertz CT molecular complexity index is 860. The van der Waals surface area contributed by atoms with Crippen LogP contribution in [-0.4, -0.2) is 17.4 Å². The van der Waals surface area contributed by atoms with E-state index in [1.54, 1.807) is 4.90 Å². The van der Waals surface area contributed by atoms with Crippen molar-refractivity contribution in [1.82, 2.24) is 4.90 Å². The average molecular weight is 409 g/mol. The van der Waals surface area contributed by atoms with Gasteiger partial charge in [-0.05, 0) is 61.4 Å². The first kappa shape index (κ1) is 20.7. The van der Waals surface area contributed by atoms with E-state index in [-0.39, 0.29) is 35.4 Å². The van der Waals surface area contributed by atoms with Gasteiger partial charge in [0.2, 0.25) is 5.91 Å². The lowest BCUT2D eigenvalue weighted by molar-refractivity contribution is -0.138. The lowest BCUT2D eigenvalue weighted by Gasteiger charge is -2.27. The van der Waals surface area contributed by atoms with Gasteiger partial charge in [-0.15, -0.1) is 0 Å². The van der Waals surface area contributed by atoms with E-state index < -0.39 is 11.7 Å². The van der Waals surface area contributed by atoms with Crippen molar-refractivity contribution < 1.29 is 18.0 Å². The van der Waals surface area contributed by atoms with Crippen molar-refractivity contribution >= 4 is 17.5 Å². The molecule has 3 rings (SSSR count). The molecule has 28 heavy (non-hydrogen) atoms. The molecule has 1 aliphatic rings. The molecule has 6 heteroatoms. The molecule has 0 spiro atoms. The minimum Gasteiger partial charge on any atom is -0.338 e. The van der Waals surface area contributed by atoms with E-state index in [1.807, 2.05) is 37.3 Å². The Hall–Kier alpha value is -2.01. The van der Waals surface area contributed by atoms with Crippen molar-refractivity contribution in [3.05, 3.63) is 65.0 Å². The van der Waals surface area contributed by atoms with Crippen LogP contribution in [0, 0.1) is 12.8 Å². The summed E-state index contributed by atoms with van der Waals surface area (Å²) in [4.78, 5) is 14.2. The third kappa shape index (κ3) is 4.19. The van der Waals surface area contributed by atoms with Gasteiger partial charge in [0.15, 0.2) is 0 Å². The van der Waals surface area contributed by atoms with Gasteiger partial charge in [-0.1, -0.05) is 41.9 Å². The van der Waals surface area contributed by atoms with Gasteiger partial charge >= 0.3 is 6.18 Å². The summed E-state index contributed by atoms with van der Waals surface area (Å²) in [6.45, 7) is 6.12.